The molecule has 0 aromatic heterocycles. The molecule has 5 nitrogen and oxygen atoms in total. The van der Waals surface area contributed by atoms with E-state index in [0.29, 0.717) is 0 Å². The Kier molecular flexibility index (Phi) is 3.21. The van der Waals surface area contributed by atoms with Crippen LogP contribution >= 0.6 is 11.6 Å². The number of nitro benzene ring substituents is 1. The molecule has 0 N–H and O–H groups in total. The van der Waals surface area contributed by atoms with Crippen molar-refractivity contribution < 1.29 is 18.8 Å². The first-order valence-electron chi connectivity index (χ1n) is 3.69. The molecule has 7 heteroatoms. The molecule has 0 heterocycles. The Labute approximate surface area is 88.6 Å². The summed E-state index contributed by atoms with van der Waals surface area (Å²) in [4.78, 5) is 20.4. The van der Waals surface area contributed by atoms with Gasteiger partial charge in [0, 0.05) is 11.1 Å². The third kappa shape index (κ3) is 2.21. The van der Waals surface area contributed by atoms with Crippen LogP contribution in [-0.2, 0) is 4.74 Å². The molecule has 80 valence electrons. The highest BCUT2D eigenvalue weighted by molar-refractivity contribution is 6.31. The van der Waals surface area contributed by atoms with Crippen molar-refractivity contribution >= 4 is 23.3 Å². The van der Waals surface area contributed by atoms with E-state index in [9.17, 15) is 19.3 Å². The Hall–Kier alpha value is -1.69. The molecule has 15 heavy (non-hydrogen) atoms. The number of hydrogen-bond acceptors (Lipinski definition) is 4. The summed E-state index contributed by atoms with van der Waals surface area (Å²) < 4.78 is 17.6. The summed E-state index contributed by atoms with van der Waals surface area (Å²) in [6.07, 6.45) is 0. The second-order valence-electron chi connectivity index (χ2n) is 2.54. The fourth-order valence-electron chi connectivity index (χ4n) is 0.966. The molecule has 0 unspecified atom stereocenters. The molecule has 0 bridgehead atoms. The number of halogens is 2. The normalized spacial score (nSPS) is 9.80. The summed E-state index contributed by atoms with van der Waals surface area (Å²) in [6, 6.07) is 1.79. The maximum Gasteiger partial charge on any atom is 0.341 e. The Balaban J connectivity index is 3.41. The van der Waals surface area contributed by atoms with Crippen molar-refractivity contribution in [2.24, 2.45) is 0 Å². The number of esters is 1. The fraction of sp³-hybridized carbons (Fsp3) is 0.125. The lowest BCUT2D eigenvalue weighted by molar-refractivity contribution is -0.387. The van der Waals surface area contributed by atoms with Gasteiger partial charge in [0.25, 0.3) is 0 Å². The highest BCUT2D eigenvalue weighted by Gasteiger charge is 2.23. The molecule has 0 saturated heterocycles. The van der Waals surface area contributed by atoms with E-state index < -0.39 is 28.0 Å². The number of ether oxygens (including phenoxy) is 1. The van der Waals surface area contributed by atoms with Gasteiger partial charge in [0.05, 0.1) is 12.0 Å². The average molecular weight is 234 g/mol. The first-order chi connectivity index (χ1) is 6.97. The quantitative estimate of drug-likeness (QED) is 0.446. The number of hydrogen-bond donors (Lipinski definition) is 0. The van der Waals surface area contributed by atoms with Gasteiger partial charge in [-0.05, 0) is 6.07 Å². The van der Waals surface area contributed by atoms with E-state index in [-0.39, 0.29) is 5.02 Å². The first-order valence-corrected chi connectivity index (χ1v) is 4.07. The molecule has 1 aromatic rings. The van der Waals surface area contributed by atoms with Crippen molar-refractivity contribution in [1.29, 1.82) is 0 Å². The maximum absolute atomic E-state index is 13.3. The van der Waals surface area contributed by atoms with Gasteiger partial charge in [0.15, 0.2) is 0 Å². The number of methoxy groups -OCH3 is 1. The van der Waals surface area contributed by atoms with E-state index in [1.54, 1.807) is 0 Å². The second-order valence-corrected chi connectivity index (χ2v) is 2.97. The summed E-state index contributed by atoms with van der Waals surface area (Å²) >= 11 is 5.49. The van der Waals surface area contributed by atoms with Crippen molar-refractivity contribution in [3.05, 3.63) is 38.7 Å². The van der Waals surface area contributed by atoms with Crippen LogP contribution in [0.5, 0.6) is 0 Å². The summed E-state index contributed by atoms with van der Waals surface area (Å²) in [5.41, 5.74) is -1.42. The molecular formula is C8H5ClFNO4. The van der Waals surface area contributed by atoms with Crippen LogP contribution in [0.25, 0.3) is 0 Å². The molecule has 0 aliphatic carbocycles. The standard InChI is InChI=1S/C8H5ClFNO4/c1-15-8(12)5-2-4(9)3-6(7(5)10)11(13)14/h2-3H,1H3. The van der Waals surface area contributed by atoms with E-state index in [2.05, 4.69) is 4.74 Å². The van der Waals surface area contributed by atoms with Crippen LogP contribution in [-0.4, -0.2) is 18.0 Å². The van der Waals surface area contributed by atoms with Crippen LogP contribution in [0, 0.1) is 15.9 Å². The van der Waals surface area contributed by atoms with Crippen molar-refractivity contribution in [2.75, 3.05) is 7.11 Å². The highest BCUT2D eigenvalue weighted by Crippen LogP contribution is 2.26. The predicted octanol–water partition coefficient (Wildman–Crippen LogP) is 2.17. The minimum atomic E-state index is -1.25. The molecule has 0 atom stereocenters. The minimum Gasteiger partial charge on any atom is -0.465 e. The zero-order valence-electron chi connectivity index (χ0n) is 7.49. The third-order valence-electron chi connectivity index (χ3n) is 1.62. The van der Waals surface area contributed by atoms with Gasteiger partial charge < -0.3 is 4.74 Å². The van der Waals surface area contributed by atoms with Crippen LogP contribution in [0.3, 0.4) is 0 Å². The largest absolute Gasteiger partial charge is 0.465 e. The van der Waals surface area contributed by atoms with Crippen LogP contribution < -0.4 is 0 Å². The highest BCUT2D eigenvalue weighted by atomic mass is 35.5. The van der Waals surface area contributed by atoms with E-state index in [0.717, 1.165) is 19.2 Å². The number of carbonyl (C=O) groups excluding carboxylic acids is 1. The lowest BCUT2D eigenvalue weighted by Crippen LogP contribution is -2.06. The van der Waals surface area contributed by atoms with Crippen LogP contribution in [0.1, 0.15) is 10.4 Å². The molecular weight excluding hydrogens is 229 g/mol. The summed E-state index contributed by atoms with van der Waals surface area (Å²) in [5, 5.41) is 10.3. The summed E-state index contributed by atoms with van der Waals surface area (Å²) in [5.74, 6) is -2.27. The number of nitrogens with zero attached hydrogens (tertiary/aromatic N) is 1. The Morgan fingerprint density at radius 1 is 1.60 bits per heavy atom. The molecule has 0 radical (unpaired) electrons. The third-order valence-corrected chi connectivity index (χ3v) is 1.84. The molecule has 0 aliphatic rings. The monoisotopic (exact) mass is 233 g/mol. The molecule has 1 rings (SSSR count). The number of carbonyl (C=O) groups is 1. The van der Waals surface area contributed by atoms with Crippen molar-refractivity contribution in [3.63, 3.8) is 0 Å². The SMILES string of the molecule is COC(=O)c1cc(Cl)cc([N+](=O)[O-])c1F. The molecule has 0 saturated carbocycles. The van der Waals surface area contributed by atoms with Gasteiger partial charge in [0.1, 0.15) is 5.56 Å². The van der Waals surface area contributed by atoms with Gasteiger partial charge in [-0.3, -0.25) is 10.1 Å². The first kappa shape index (κ1) is 11.4. The van der Waals surface area contributed by atoms with E-state index in [4.69, 9.17) is 11.6 Å². The summed E-state index contributed by atoms with van der Waals surface area (Å²) in [7, 11) is 1.04. The van der Waals surface area contributed by atoms with Gasteiger partial charge in [-0.25, -0.2) is 4.79 Å². The molecule has 0 fully saturated rings. The number of benzene rings is 1. The van der Waals surface area contributed by atoms with Gasteiger partial charge in [-0.2, -0.15) is 4.39 Å². The maximum atomic E-state index is 13.3. The zero-order chi connectivity index (χ0) is 11.6. The lowest BCUT2D eigenvalue weighted by Gasteiger charge is -2.02. The van der Waals surface area contributed by atoms with Gasteiger partial charge in [-0.1, -0.05) is 11.6 Å². The lowest BCUT2D eigenvalue weighted by atomic mass is 10.2. The van der Waals surface area contributed by atoms with E-state index >= 15 is 0 Å². The van der Waals surface area contributed by atoms with Crippen molar-refractivity contribution in [3.8, 4) is 0 Å². The Morgan fingerprint density at radius 2 is 2.20 bits per heavy atom. The average Bonchev–Trinajstić information content (AvgIpc) is 2.19. The molecule has 0 spiro atoms. The molecule has 0 amide bonds. The summed E-state index contributed by atoms with van der Waals surface area (Å²) in [6.45, 7) is 0. The topological polar surface area (TPSA) is 69.4 Å². The van der Waals surface area contributed by atoms with Crippen molar-refractivity contribution in [2.45, 2.75) is 0 Å². The number of rotatable bonds is 2. The molecule has 0 aliphatic heterocycles. The van der Waals surface area contributed by atoms with Gasteiger partial charge in [-0.15, -0.1) is 0 Å². The second kappa shape index (κ2) is 4.22. The van der Waals surface area contributed by atoms with Crippen LogP contribution in [0.4, 0.5) is 10.1 Å². The fourth-order valence-corrected chi connectivity index (χ4v) is 1.18. The van der Waals surface area contributed by atoms with Gasteiger partial charge >= 0.3 is 11.7 Å². The zero-order valence-corrected chi connectivity index (χ0v) is 8.25. The van der Waals surface area contributed by atoms with Crippen LogP contribution in [0.2, 0.25) is 5.02 Å². The molecule has 1 aromatic carbocycles. The Bertz CT molecular complexity index is 435. The van der Waals surface area contributed by atoms with Gasteiger partial charge in [0.2, 0.25) is 5.82 Å². The minimum absolute atomic E-state index is 0.108. The van der Waals surface area contributed by atoms with E-state index in [1.165, 1.54) is 0 Å². The Morgan fingerprint density at radius 3 is 2.67 bits per heavy atom. The number of nitro groups is 1. The van der Waals surface area contributed by atoms with Crippen LogP contribution in [0.15, 0.2) is 12.1 Å². The smallest absolute Gasteiger partial charge is 0.341 e. The van der Waals surface area contributed by atoms with E-state index in [1.807, 2.05) is 0 Å². The van der Waals surface area contributed by atoms with Crippen molar-refractivity contribution in [1.82, 2.24) is 0 Å². The predicted molar refractivity (Wildman–Crippen MR) is 49.4 cm³/mol.